The van der Waals surface area contributed by atoms with Crippen LogP contribution in [0.3, 0.4) is 0 Å². The lowest BCUT2D eigenvalue weighted by atomic mass is 9.55. The molecule has 0 saturated heterocycles. The Kier molecular flexibility index (Phi) is 4.76. The van der Waals surface area contributed by atoms with Gasteiger partial charge in [-0.05, 0) is 73.1 Å². The number of hydrogen-bond acceptors (Lipinski definition) is 5. The number of carbonyl (C=O) groups is 2. The van der Waals surface area contributed by atoms with Gasteiger partial charge in [-0.25, -0.2) is 0 Å². The Morgan fingerprint density at radius 1 is 1.21 bits per heavy atom. The number of rotatable bonds is 3. The fourth-order valence-electron chi connectivity index (χ4n) is 5.81. The van der Waals surface area contributed by atoms with Crippen LogP contribution >= 0.6 is 0 Å². The third-order valence-electron chi connectivity index (χ3n) is 7.10. The highest BCUT2D eigenvalue weighted by Crippen LogP contribution is 2.60. The molecule has 4 unspecified atom stereocenters. The Bertz CT molecular complexity index is 848. The van der Waals surface area contributed by atoms with Crippen LogP contribution in [0.4, 0.5) is 5.69 Å². The van der Waals surface area contributed by atoms with Crippen molar-refractivity contribution >= 4 is 17.4 Å². The molecule has 0 aliphatic heterocycles. The Balaban J connectivity index is 1.72. The summed E-state index contributed by atoms with van der Waals surface area (Å²) >= 11 is 0. The van der Waals surface area contributed by atoms with Crippen LogP contribution in [-0.4, -0.2) is 30.9 Å². The van der Waals surface area contributed by atoms with Crippen molar-refractivity contribution in [2.24, 2.45) is 27.6 Å². The van der Waals surface area contributed by atoms with Gasteiger partial charge in [-0.2, -0.15) is 0 Å². The van der Waals surface area contributed by atoms with Gasteiger partial charge in [0, 0.05) is 32.9 Å². The second kappa shape index (κ2) is 6.98. The Morgan fingerprint density at radius 3 is 2.71 bits per heavy atom. The van der Waals surface area contributed by atoms with Crippen LogP contribution in [0.25, 0.3) is 0 Å². The SMILES string of the molecule is CC(=O)Oc1cc2c(cc1N=NN(C)C)C1CCC3(C)C(=O)CCC3C1CC2. The molecule has 4 atom stereocenters. The van der Waals surface area contributed by atoms with Gasteiger partial charge in [-0.15, -0.1) is 5.11 Å². The molecule has 4 rings (SSSR count). The van der Waals surface area contributed by atoms with Crippen molar-refractivity contribution in [3.8, 4) is 5.75 Å². The zero-order chi connectivity index (χ0) is 20.1. The monoisotopic (exact) mass is 383 g/mol. The third kappa shape index (κ3) is 3.12. The quantitative estimate of drug-likeness (QED) is 0.331. The van der Waals surface area contributed by atoms with Crippen molar-refractivity contribution in [2.75, 3.05) is 14.1 Å². The van der Waals surface area contributed by atoms with Crippen LogP contribution in [0.15, 0.2) is 22.5 Å². The molecule has 28 heavy (non-hydrogen) atoms. The minimum Gasteiger partial charge on any atom is -0.424 e. The molecule has 3 aliphatic carbocycles. The molecule has 0 aromatic heterocycles. The van der Waals surface area contributed by atoms with Gasteiger partial charge in [0.15, 0.2) is 5.75 Å². The first-order chi connectivity index (χ1) is 13.3. The van der Waals surface area contributed by atoms with E-state index in [1.54, 1.807) is 5.01 Å². The summed E-state index contributed by atoms with van der Waals surface area (Å²) < 4.78 is 5.42. The van der Waals surface area contributed by atoms with Crippen LogP contribution < -0.4 is 4.74 Å². The number of fused-ring (bicyclic) bond motifs is 5. The Labute approximate surface area is 166 Å². The lowest BCUT2D eigenvalue weighted by Crippen LogP contribution is -2.42. The topological polar surface area (TPSA) is 71.3 Å². The van der Waals surface area contributed by atoms with Crippen LogP contribution in [0.5, 0.6) is 5.75 Å². The molecule has 1 aromatic carbocycles. The van der Waals surface area contributed by atoms with Crippen LogP contribution in [0.2, 0.25) is 0 Å². The maximum Gasteiger partial charge on any atom is 0.308 e. The molecule has 0 heterocycles. The number of Topliss-reactive ketones (excluding diaryl/α,β-unsaturated/α-hetero) is 1. The number of ether oxygens (including phenoxy) is 1. The molecule has 2 saturated carbocycles. The predicted octanol–water partition coefficient (Wildman–Crippen LogP) is 4.60. The van der Waals surface area contributed by atoms with Gasteiger partial charge in [0.2, 0.25) is 0 Å². The van der Waals surface area contributed by atoms with E-state index in [0.717, 1.165) is 38.5 Å². The fraction of sp³-hybridized carbons (Fsp3) is 0.636. The van der Waals surface area contributed by atoms with Crippen molar-refractivity contribution in [1.82, 2.24) is 5.01 Å². The number of hydrogen-bond donors (Lipinski definition) is 0. The lowest BCUT2D eigenvalue weighted by Gasteiger charge is -2.48. The number of aryl methyl sites for hydroxylation is 1. The summed E-state index contributed by atoms with van der Waals surface area (Å²) in [6.45, 7) is 3.60. The molecule has 1 aromatic rings. The van der Waals surface area contributed by atoms with E-state index in [1.807, 2.05) is 20.2 Å². The summed E-state index contributed by atoms with van der Waals surface area (Å²) in [5.41, 5.74) is 3.03. The summed E-state index contributed by atoms with van der Waals surface area (Å²) in [5.74, 6) is 2.09. The van der Waals surface area contributed by atoms with E-state index in [-0.39, 0.29) is 11.4 Å². The van der Waals surface area contributed by atoms with E-state index >= 15 is 0 Å². The highest BCUT2D eigenvalue weighted by atomic mass is 16.5. The first-order valence-corrected chi connectivity index (χ1v) is 10.3. The molecule has 6 heteroatoms. The van der Waals surface area contributed by atoms with Gasteiger partial charge < -0.3 is 4.74 Å². The van der Waals surface area contributed by atoms with E-state index in [4.69, 9.17) is 4.74 Å². The van der Waals surface area contributed by atoms with Crippen molar-refractivity contribution in [3.05, 3.63) is 23.3 Å². The van der Waals surface area contributed by atoms with Gasteiger partial charge in [-0.3, -0.25) is 14.6 Å². The second-order valence-corrected chi connectivity index (χ2v) is 8.98. The van der Waals surface area contributed by atoms with Crippen LogP contribution in [0.1, 0.15) is 63.0 Å². The van der Waals surface area contributed by atoms with Gasteiger partial charge >= 0.3 is 5.97 Å². The van der Waals surface area contributed by atoms with Gasteiger partial charge in [0.1, 0.15) is 11.5 Å². The molecule has 3 aliphatic rings. The number of ketones is 1. The molecule has 0 N–H and O–H groups in total. The minimum atomic E-state index is -0.354. The molecule has 6 nitrogen and oxygen atoms in total. The maximum absolute atomic E-state index is 12.5. The van der Waals surface area contributed by atoms with E-state index in [2.05, 4.69) is 23.3 Å². The van der Waals surface area contributed by atoms with Crippen molar-refractivity contribution in [2.45, 2.75) is 58.3 Å². The molecular weight excluding hydrogens is 354 g/mol. The molecular formula is C22H29N3O3. The normalized spacial score (nSPS) is 31.3. The highest BCUT2D eigenvalue weighted by molar-refractivity contribution is 5.87. The lowest BCUT2D eigenvalue weighted by molar-refractivity contribution is -0.132. The number of esters is 1. The number of benzene rings is 1. The van der Waals surface area contributed by atoms with E-state index in [1.165, 1.54) is 18.1 Å². The molecule has 2 fully saturated rings. The van der Waals surface area contributed by atoms with Gasteiger partial charge in [0.25, 0.3) is 0 Å². The van der Waals surface area contributed by atoms with E-state index in [0.29, 0.717) is 35.0 Å². The summed E-state index contributed by atoms with van der Waals surface area (Å²) in [6.07, 6.45) is 5.83. The maximum atomic E-state index is 12.5. The largest absolute Gasteiger partial charge is 0.424 e. The van der Waals surface area contributed by atoms with Crippen LogP contribution in [0, 0.1) is 17.3 Å². The first kappa shape index (κ1) is 19.1. The van der Waals surface area contributed by atoms with Crippen LogP contribution in [-0.2, 0) is 16.0 Å². The zero-order valence-electron chi connectivity index (χ0n) is 17.2. The highest BCUT2D eigenvalue weighted by Gasteiger charge is 2.54. The standard InChI is InChI=1S/C22H29N3O3/c1-13(26)28-20-11-14-5-6-16-15(17(14)12-19(20)23-24-25(3)4)9-10-22(2)18(16)7-8-21(22)27/h11-12,15-16,18H,5-10H2,1-4H3. The summed E-state index contributed by atoms with van der Waals surface area (Å²) in [5, 5.41) is 10.0. The van der Waals surface area contributed by atoms with Crippen molar-refractivity contribution in [3.63, 3.8) is 0 Å². The predicted molar refractivity (Wildman–Crippen MR) is 106 cm³/mol. The summed E-state index contributed by atoms with van der Waals surface area (Å²) in [7, 11) is 3.62. The van der Waals surface area contributed by atoms with E-state index in [9.17, 15) is 9.59 Å². The molecule has 150 valence electrons. The molecule has 0 bridgehead atoms. The Morgan fingerprint density at radius 2 is 2.00 bits per heavy atom. The van der Waals surface area contributed by atoms with Crippen molar-refractivity contribution < 1.29 is 14.3 Å². The summed E-state index contributed by atoms with van der Waals surface area (Å²) in [4.78, 5) is 24.1. The molecule has 0 radical (unpaired) electrons. The van der Waals surface area contributed by atoms with E-state index < -0.39 is 0 Å². The minimum absolute atomic E-state index is 0.121. The molecule has 0 amide bonds. The average Bonchev–Trinajstić information content (AvgIpc) is 2.94. The second-order valence-electron chi connectivity index (χ2n) is 8.98. The average molecular weight is 383 g/mol. The smallest absolute Gasteiger partial charge is 0.308 e. The summed E-state index contributed by atoms with van der Waals surface area (Å²) in [6, 6.07) is 4.04. The fourth-order valence-corrected chi connectivity index (χ4v) is 5.81. The van der Waals surface area contributed by atoms with Gasteiger partial charge in [0.05, 0.1) is 0 Å². The number of carbonyl (C=O) groups excluding carboxylic acids is 2. The Hall–Kier alpha value is -2.24. The first-order valence-electron chi connectivity index (χ1n) is 10.3. The third-order valence-corrected chi connectivity index (χ3v) is 7.10. The number of nitrogens with zero attached hydrogens (tertiary/aromatic N) is 3. The molecule has 0 spiro atoms. The van der Waals surface area contributed by atoms with Gasteiger partial charge in [-0.1, -0.05) is 12.1 Å². The van der Waals surface area contributed by atoms with Crippen molar-refractivity contribution in [1.29, 1.82) is 0 Å². The zero-order valence-corrected chi connectivity index (χ0v) is 17.2.